The molecule has 30 nitrogen and oxygen atoms in total. The minimum absolute atomic E-state index is 0.0149. The molecule has 3 aliphatic rings. The second kappa shape index (κ2) is 58.9. The van der Waals surface area contributed by atoms with Crippen LogP contribution in [0.3, 0.4) is 0 Å². The van der Waals surface area contributed by atoms with E-state index in [2.05, 4.69) is 10.1 Å². The summed E-state index contributed by atoms with van der Waals surface area (Å²) in [6.07, 6.45) is 4.44. The summed E-state index contributed by atoms with van der Waals surface area (Å²) in [6.45, 7) is 13.4. The molecule has 10 aromatic carbocycles. The lowest BCUT2D eigenvalue weighted by molar-refractivity contribution is -0.153. The predicted molar refractivity (Wildman–Crippen MR) is 512 cm³/mol. The van der Waals surface area contributed by atoms with Crippen LogP contribution in [0, 0.1) is 0 Å². The first-order valence-corrected chi connectivity index (χ1v) is 48.2. The van der Waals surface area contributed by atoms with Crippen molar-refractivity contribution in [2.75, 3.05) is 148 Å². The van der Waals surface area contributed by atoms with Crippen molar-refractivity contribution in [1.82, 2.24) is 24.9 Å². The summed E-state index contributed by atoms with van der Waals surface area (Å²) < 4.78 is 153. The van der Waals surface area contributed by atoms with E-state index >= 15 is 0 Å². The number of nitrogens with zero attached hydrogens (tertiary/aromatic N) is 4. The maximum absolute atomic E-state index is 12.0. The van der Waals surface area contributed by atoms with Gasteiger partial charge in [0.05, 0.1) is 77.2 Å². The highest BCUT2D eigenvalue weighted by molar-refractivity contribution is 7.91. The van der Waals surface area contributed by atoms with Gasteiger partial charge in [-0.15, -0.1) is 0 Å². The molecule has 0 aromatic heterocycles. The minimum atomic E-state index is -4.38. The van der Waals surface area contributed by atoms with Crippen LogP contribution in [0.2, 0.25) is 0 Å². The number of carbonyl (C=O) groups excluding carboxylic acids is 7. The van der Waals surface area contributed by atoms with Gasteiger partial charge < -0.3 is 83.8 Å². The topological polar surface area (TPSA) is 391 Å². The molecule has 0 saturated carbocycles. The number of likely N-dealkylation sites (tertiary alicyclic amines) is 3. The van der Waals surface area contributed by atoms with Crippen molar-refractivity contribution in [2.24, 2.45) is 11.5 Å². The normalized spacial score (nSPS) is 12.0. The van der Waals surface area contributed by atoms with Crippen LogP contribution in [0.1, 0.15) is 132 Å². The van der Waals surface area contributed by atoms with Crippen molar-refractivity contribution in [2.45, 2.75) is 80.7 Å². The van der Waals surface area contributed by atoms with E-state index in [-0.39, 0.29) is 40.2 Å². The van der Waals surface area contributed by atoms with Crippen molar-refractivity contribution >= 4 is 70.9 Å². The number of alkyl halides is 3. The van der Waals surface area contributed by atoms with Crippen LogP contribution in [-0.4, -0.2) is 240 Å². The lowest BCUT2D eigenvalue weighted by Crippen LogP contribution is -2.41. The summed E-state index contributed by atoms with van der Waals surface area (Å²) in [5.41, 5.74) is 14.1. The molecule has 135 heavy (non-hydrogen) atoms. The second-order valence-corrected chi connectivity index (χ2v) is 35.3. The summed E-state index contributed by atoms with van der Waals surface area (Å²) >= 11 is 0. The number of benzene rings is 10. The van der Waals surface area contributed by atoms with Gasteiger partial charge in [-0.25, -0.2) is 25.3 Å². The number of hydrogen-bond acceptors (Lipinski definition) is 23. The average molecular weight is 1930 g/mol. The molecule has 5 N–H and O–H groups in total. The fourth-order valence-corrected chi connectivity index (χ4v) is 13.7. The third-order valence-corrected chi connectivity index (χ3v) is 22.1. The zero-order chi connectivity index (χ0) is 100. The summed E-state index contributed by atoms with van der Waals surface area (Å²) in [5.74, 6) is 5.08. The van der Waals surface area contributed by atoms with Gasteiger partial charge in [0.1, 0.15) is 57.5 Å². The molecule has 0 bridgehead atoms. The fraction of sp³-hybridized carbons (Fsp3) is 0.323. The summed E-state index contributed by atoms with van der Waals surface area (Å²) in [5, 5.41) is 2.72. The van der Waals surface area contributed by atoms with Crippen molar-refractivity contribution < 1.29 is 119 Å². The number of nitrogens with two attached hydrogens (primary N) is 2. The van der Waals surface area contributed by atoms with Crippen LogP contribution in [0.15, 0.2) is 257 Å². The highest BCUT2D eigenvalue weighted by Crippen LogP contribution is 2.26. The van der Waals surface area contributed by atoms with Gasteiger partial charge in [0.2, 0.25) is 11.8 Å². The van der Waals surface area contributed by atoms with E-state index in [0.717, 1.165) is 75.3 Å². The molecule has 7 amide bonds. The van der Waals surface area contributed by atoms with Crippen molar-refractivity contribution in [3.8, 4) is 57.5 Å². The molecule has 0 radical (unpaired) electrons. The van der Waals surface area contributed by atoms with E-state index in [0.29, 0.717) is 123 Å². The first-order valence-electron chi connectivity index (χ1n) is 42.5. The number of carbonyl (C=O) groups is 7. The van der Waals surface area contributed by atoms with Crippen LogP contribution in [0.5, 0.6) is 57.5 Å². The summed E-state index contributed by atoms with van der Waals surface area (Å²) in [6, 6.07) is 67.5. The van der Waals surface area contributed by atoms with E-state index < -0.39 is 54.1 Å². The Morgan fingerprint density at radius 1 is 0.333 bits per heavy atom. The number of nitrogens with one attached hydrogen (secondary N) is 1. The van der Waals surface area contributed by atoms with Crippen LogP contribution < -0.4 is 64.2 Å². The van der Waals surface area contributed by atoms with Gasteiger partial charge in [0.25, 0.3) is 29.5 Å². The Hall–Kier alpha value is -13.9. The Bertz CT molecular complexity index is 5700. The molecular weight excluding hydrogens is 1810 g/mol. The molecule has 3 aliphatic heterocycles. The third kappa shape index (κ3) is 42.7. The van der Waals surface area contributed by atoms with E-state index in [1.54, 1.807) is 206 Å². The molecule has 0 aliphatic carbocycles. The Labute approximate surface area is 789 Å². The highest BCUT2D eigenvalue weighted by Gasteiger charge is 2.29. The van der Waals surface area contributed by atoms with Gasteiger partial charge in [-0.05, 0) is 242 Å². The number of halogens is 3. The van der Waals surface area contributed by atoms with Crippen LogP contribution in [0.4, 0.5) is 13.2 Å². The Morgan fingerprint density at radius 3 is 0.837 bits per heavy atom. The molecule has 13 rings (SSSR count). The van der Waals surface area contributed by atoms with Gasteiger partial charge in [0, 0.05) is 118 Å². The van der Waals surface area contributed by atoms with Gasteiger partial charge >= 0.3 is 6.18 Å². The van der Waals surface area contributed by atoms with Crippen LogP contribution in [-0.2, 0) is 29.5 Å². The fourth-order valence-electron chi connectivity index (χ4n) is 11.8. The van der Waals surface area contributed by atoms with Crippen LogP contribution >= 0.6 is 0 Å². The zero-order valence-corrected chi connectivity index (χ0v) is 81.0. The number of primary amides is 2. The van der Waals surface area contributed by atoms with E-state index in [4.69, 9.17) is 54.1 Å². The molecule has 3 heterocycles. The van der Waals surface area contributed by atoms with Crippen LogP contribution in [0.25, 0.3) is 0 Å². The molecule has 730 valence electrons. The first kappa shape index (κ1) is 113. The van der Waals surface area contributed by atoms with Gasteiger partial charge in [-0.2, -0.15) is 13.2 Å². The van der Waals surface area contributed by atoms with Gasteiger partial charge in [-0.3, -0.25) is 33.6 Å². The SMILES string of the molecule is CCNC(=O)c1cccc(OC)c1.CCOc1cccc(C(N)=O)c1.CCOc1cccc(S(C)(=O)=O)c1.CCOc1cccc(S(C)(=O)=O)c1.COc1cccc(C(=O)N(C)C)c1.COc1cccc(C(=O)N2CCC2)c1.COc1cccc(C(=O)N2CCCC2)c1.COc1cccc(C(N)=O)c1.COc1cccc(S(C)(=O)=O)c1.O=C(c1cccc(OCC(F)(F)F)c1)N1CCCC1. The quantitative estimate of drug-likeness (QED) is 0.0478. The summed E-state index contributed by atoms with van der Waals surface area (Å²) in [7, 11) is 3.51. The van der Waals surface area contributed by atoms with Crippen molar-refractivity contribution in [3.05, 3.63) is 282 Å². The van der Waals surface area contributed by atoms with Crippen molar-refractivity contribution in [3.63, 3.8) is 0 Å². The lowest BCUT2D eigenvalue weighted by Gasteiger charge is -2.30. The molecule has 36 heteroatoms. The largest absolute Gasteiger partial charge is 0.497 e. The first-order chi connectivity index (χ1) is 64.1. The smallest absolute Gasteiger partial charge is 0.422 e. The van der Waals surface area contributed by atoms with E-state index in [9.17, 15) is 72.0 Å². The molecule has 3 saturated heterocycles. The number of sulfone groups is 3. The standard InChI is InChI=1S/C13H14F3NO2.C12H15NO2.C11H13NO2.2C10H13NO2.C9H11NO2.2C9H12O3S.C8H9NO2.C8H10O3S/c14-13(15,16)9-19-11-5-3-4-10(8-11)12(18)17-6-1-2-7-17;1-15-11-6-4-5-10(9-11)12(14)13-7-2-3-8-13;1-14-10-5-2-4-9(8-10)11(13)12-6-3-7-12;1-11(2)10(12)8-5-4-6-9(7-8)13-3;1-3-11-10(12)8-5-4-6-9(7-8)13-2;1-2-12-8-5-3-4-7(6-8)9(10)11;2*1-3-12-8-5-4-6-9(7-8)13(2,10)11;1-11-7-4-2-3-6(5-7)8(9)10;1-11-7-4-3-5-8(6-7)12(2,9)10/h3-5,8H,1-2,6-7,9H2;4-6,9H,2-3,7-8H2,1H3;2,4-5,8H,3,6-7H2,1H3;4-7H,1-3H3;4-7H,3H2,1-2H3,(H,11,12);3-6H,2H2,1H3,(H2,10,11);2*4-7H,3H2,1-2H3;2-5H,1H3,(H2,9,10);3-6H,1-2H3. The molecule has 3 fully saturated rings. The van der Waals surface area contributed by atoms with E-state index in [1.807, 2.05) is 86.0 Å². The zero-order valence-electron chi connectivity index (χ0n) is 78.6. The maximum atomic E-state index is 12.0. The maximum Gasteiger partial charge on any atom is 0.422 e. The average Bonchev–Trinajstić information content (AvgIpc) is 1.84. The van der Waals surface area contributed by atoms with Gasteiger partial charge in [0.15, 0.2) is 36.1 Å². The summed E-state index contributed by atoms with van der Waals surface area (Å²) in [4.78, 5) is 87.8. The molecule has 0 atom stereocenters. The highest BCUT2D eigenvalue weighted by atomic mass is 32.2. The molecule has 10 aromatic rings. The van der Waals surface area contributed by atoms with Gasteiger partial charge in [-0.1, -0.05) is 60.7 Å². The number of methoxy groups -OCH3 is 6. The Balaban J connectivity index is 0.000000315. The number of amides is 7. The Morgan fingerprint density at radius 2 is 0.563 bits per heavy atom. The van der Waals surface area contributed by atoms with E-state index in [1.165, 1.54) is 73.2 Å². The number of rotatable bonds is 25. The molecule has 0 unspecified atom stereocenters. The number of ether oxygens (including phenoxy) is 10. The third-order valence-electron chi connectivity index (χ3n) is 18.8. The molecular formula is C99H122F3N7O23S3. The monoisotopic (exact) mass is 1930 g/mol. The molecule has 0 spiro atoms. The lowest BCUT2D eigenvalue weighted by atomic mass is 10.1. The van der Waals surface area contributed by atoms with Crippen molar-refractivity contribution in [1.29, 1.82) is 0 Å². The minimum Gasteiger partial charge on any atom is -0.497 e. The Kier molecular flexibility index (Phi) is 49.5. The number of hydrogen-bond donors (Lipinski definition) is 3. The second-order valence-electron chi connectivity index (χ2n) is 29.3. The predicted octanol–water partition coefficient (Wildman–Crippen LogP) is 15.2.